The molecule has 0 saturated carbocycles. The molecule has 0 aliphatic carbocycles. The van der Waals surface area contributed by atoms with E-state index in [1.807, 2.05) is 19.3 Å². The largest absolute Gasteiger partial charge is 0.315 e. The van der Waals surface area contributed by atoms with Crippen LogP contribution >= 0.6 is 0 Å². The van der Waals surface area contributed by atoms with Crippen molar-refractivity contribution in [2.75, 3.05) is 26.7 Å². The molecule has 4 heteroatoms. The van der Waals surface area contributed by atoms with Gasteiger partial charge < -0.3 is 5.32 Å². The van der Waals surface area contributed by atoms with Gasteiger partial charge in [-0.15, -0.1) is 0 Å². The predicted octanol–water partition coefficient (Wildman–Crippen LogP) is 1.46. The maximum absolute atomic E-state index is 4.35. The third-order valence-corrected chi connectivity index (χ3v) is 2.49. The van der Waals surface area contributed by atoms with Gasteiger partial charge in [-0.05, 0) is 26.4 Å². The Labute approximate surface area is 104 Å². The van der Waals surface area contributed by atoms with Gasteiger partial charge in [-0.25, -0.2) is 0 Å². The van der Waals surface area contributed by atoms with Gasteiger partial charge in [0.2, 0.25) is 0 Å². The molecule has 1 rings (SSSR count). The Kier molecular flexibility index (Phi) is 6.08. The molecule has 1 N–H and O–H groups in total. The van der Waals surface area contributed by atoms with Crippen LogP contribution in [0.15, 0.2) is 12.4 Å². The van der Waals surface area contributed by atoms with Crippen molar-refractivity contribution in [3.05, 3.63) is 23.8 Å². The van der Waals surface area contributed by atoms with Crippen molar-refractivity contribution in [1.29, 1.82) is 0 Å². The van der Waals surface area contributed by atoms with Gasteiger partial charge in [0.05, 0.1) is 11.4 Å². The standard InChI is InChI=1S/C13H24N4/c1-11(2)7-14-5-6-17(4)10-13-9-15-12(3)8-16-13/h8-9,11,14H,5-7,10H2,1-4H3. The van der Waals surface area contributed by atoms with Crippen LogP contribution in [0.25, 0.3) is 0 Å². The number of aromatic nitrogens is 2. The Morgan fingerprint density at radius 1 is 1.29 bits per heavy atom. The Balaban J connectivity index is 2.20. The molecule has 0 aliphatic heterocycles. The van der Waals surface area contributed by atoms with E-state index in [2.05, 4.69) is 41.1 Å². The van der Waals surface area contributed by atoms with Crippen LogP contribution in [-0.4, -0.2) is 41.5 Å². The van der Waals surface area contributed by atoms with Crippen molar-refractivity contribution < 1.29 is 0 Å². The van der Waals surface area contributed by atoms with E-state index in [9.17, 15) is 0 Å². The Bertz CT molecular complexity index is 308. The molecule has 0 unspecified atom stereocenters. The van der Waals surface area contributed by atoms with Crippen LogP contribution < -0.4 is 5.32 Å². The molecule has 0 spiro atoms. The van der Waals surface area contributed by atoms with Crippen molar-refractivity contribution in [2.24, 2.45) is 5.92 Å². The van der Waals surface area contributed by atoms with Crippen molar-refractivity contribution in [1.82, 2.24) is 20.2 Å². The van der Waals surface area contributed by atoms with Gasteiger partial charge in [-0.3, -0.25) is 14.9 Å². The molecule has 0 atom stereocenters. The summed E-state index contributed by atoms with van der Waals surface area (Å²) in [5.74, 6) is 0.711. The first-order chi connectivity index (χ1) is 8.08. The topological polar surface area (TPSA) is 41.1 Å². The lowest BCUT2D eigenvalue weighted by molar-refractivity contribution is 0.317. The second-order valence-electron chi connectivity index (χ2n) is 4.98. The smallest absolute Gasteiger partial charge is 0.0726 e. The minimum atomic E-state index is 0.711. The number of likely N-dealkylation sites (N-methyl/N-ethyl adjacent to an activating group) is 1. The molecule has 17 heavy (non-hydrogen) atoms. The van der Waals surface area contributed by atoms with Crippen molar-refractivity contribution in [2.45, 2.75) is 27.3 Å². The highest BCUT2D eigenvalue weighted by atomic mass is 15.1. The molecule has 1 heterocycles. The first-order valence-electron chi connectivity index (χ1n) is 6.24. The number of nitrogens with one attached hydrogen (secondary N) is 1. The summed E-state index contributed by atoms with van der Waals surface area (Å²) < 4.78 is 0. The second-order valence-corrected chi connectivity index (χ2v) is 4.98. The lowest BCUT2D eigenvalue weighted by Crippen LogP contribution is -2.31. The van der Waals surface area contributed by atoms with Gasteiger partial charge >= 0.3 is 0 Å². The molecule has 0 amide bonds. The number of aryl methyl sites for hydroxylation is 1. The highest BCUT2D eigenvalue weighted by molar-refractivity contribution is 5.00. The maximum Gasteiger partial charge on any atom is 0.0726 e. The van der Waals surface area contributed by atoms with E-state index in [4.69, 9.17) is 0 Å². The fraction of sp³-hybridized carbons (Fsp3) is 0.692. The molecule has 1 aromatic heterocycles. The quantitative estimate of drug-likeness (QED) is 0.728. The molecule has 96 valence electrons. The average molecular weight is 236 g/mol. The van der Waals surface area contributed by atoms with Gasteiger partial charge in [0.25, 0.3) is 0 Å². The molecule has 0 bridgehead atoms. The maximum atomic E-state index is 4.35. The molecule has 4 nitrogen and oxygen atoms in total. The van der Waals surface area contributed by atoms with Crippen LogP contribution in [0.4, 0.5) is 0 Å². The Hall–Kier alpha value is -1.00. The molecule has 0 saturated heterocycles. The van der Waals surface area contributed by atoms with E-state index in [0.717, 1.165) is 37.6 Å². The SMILES string of the molecule is Cc1cnc(CN(C)CCNCC(C)C)cn1. The summed E-state index contributed by atoms with van der Waals surface area (Å²) in [6.07, 6.45) is 3.67. The summed E-state index contributed by atoms with van der Waals surface area (Å²) >= 11 is 0. The van der Waals surface area contributed by atoms with Gasteiger partial charge in [-0.2, -0.15) is 0 Å². The predicted molar refractivity (Wildman–Crippen MR) is 70.8 cm³/mol. The van der Waals surface area contributed by atoms with Crippen LogP contribution in [0, 0.1) is 12.8 Å². The molecule has 0 aromatic carbocycles. The van der Waals surface area contributed by atoms with Gasteiger partial charge in [0.15, 0.2) is 0 Å². The zero-order valence-corrected chi connectivity index (χ0v) is 11.4. The van der Waals surface area contributed by atoms with Crippen molar-refractivity contribution in [3.8, 4) is 0 Å². The minimum Gasteiger partial charge on any atom is -0.315 e. The molecule has 1 aromatic rings. The van der Waals surface area contributed by atoms with Crippen LogP contribution in [0.3, 0.4) is 0 Å². The highest BCUT2D eigenvalue weighted by Gasteiger charge is 2.01. The van der Waals surface area contributed by atoms with Crippen LogP contribution in [0.5, 0.6) is 0 Å². The second kappa shape index (κ2) is 7.35. The first kappa shape index (κ1) is 14.1. The average Bonchev–Trinajstić information content (AvgIpc) is 2.27. The number of hydrogen-bond acceptors (Lipinski definition) is 4. The lowest BCUT2D eigenvalue weighted by Gasteiger charge is -2.16. The number of rotatable bonds is 7. The van der Waals surface area contributed by atoms with E-state index in [1.165, 1.54) is 0 Å². The summed E-state index contributed by atoms with van der Waals surface area (Å²) in [6, 6.07) is 0. The van der Waals surface area contributed by atoms with E-state index in [1.54, 1.807) is 0 Å². The summed E-state index contributed by atoms with van der Waals surface area (Å²) in [6.45, 7) is 10.4. The normalized spacial score (nSPS) is 11.4. The zero-order valence-electron chi connectivity index (χ0n) is 11.4. The molecule has 0 radical (unpaired) electrons. The molecule has 0 aliphatic rings. The third-order valence-electron chi connectivity index (χ3n) is 2.49. The zero-order chi connectivity index (χ0) is 12.7. The van der Waals surface area contributed by atoms with Gasteiger partial charge in [0, 0.05) is 32.0 Å². The van der Waals surface area contributed by atoms with Crippen LogP contribution in [0.2, 0.25) is 0 Å². The van der Waals surface area contributed by atoms with E-state index in [-0.39, 0.29) is 0 Å². The monoisotopic (exact) mass is 236 g/mol. The molecular weight excluding hydrogens is 212 g/mol. The third kappa shape index (κ3) is 6.34. The van der Waals surface area contributed by atoms with E-state index >= 15 is 0 Å². The Morgan fingerprint density at radius 2 is 2.06 bits per heavy atom. The van der Waals surface area contributed by atoms with E-state index < -0.39 is 0 Å². The van der Waals surface area contributed by atoms with Gasteiger partial charge in [-0.1, -0.05) is 13.8 Å². The van der Waals surface area contributed by atoms with Crippen molar-refractivity contribution >= 4 is 0 Å². The fourth-order valence-corrected chi connectivity index (χ4v) is 1.52. The Morgan fingerprint density at radius 3 is 2.65 bits per heavy atom. The molecular formula is C13H24N4. The fourth-order valence-electron chi connectivity index (χ4n) is 1.52. The summed E-state index contributed by atoms with van der Waals surface area (Å²) in [4.78, 5) is 10.9. The summed E-state index contributed by atoms with van der Waals surface area (Å²) in [5.41, 5.74) is 2.00. The van der Waals surface area contributed by atoms with Gasteiger partial charge in [0.1, 0.15) is 0 Å². The number of hydrogen-bond donors (Lipinski definition) is 1. The highest BCUT2D eigenvalue weighted by Crippen LogP contribution is 1.98. The summed E-state index contributed by atoms with van der Waals surface area (Å²) in [7, 11) is 2.11. The lowest BCUT2D eigenvalue weighted by atomic mass is 10.2. The summed E-state index contributed by atoms with van der Waals surface area (Å²) in [5, 5.41) is 3.43. The van der Waals surface area contributed by atoms with Crippen LogP contribution in [0.1, 0.15) is 25.2 Å². The first-order valence-corrected chi connectivity index (χ1v) is 6.24. The van der Waals surface area contributed by atoms with E-state index in [0.29, 0.717) is 5.92 Å². The van der Waals surface area contributed by atoms with Crippen molar-refractivity contribution in [3.63, 3.8) is 0 Å². The van der Waals surface area contributed by atoms with Crippen LogP contribution in [-0.2, 0) is 6.54 Å². The molecule has 0 fully saturated rings. The minimum absolute atomic E-state index is 0.711. The number of nitrogens with zero attached hydrogens (tertiary/aromatic N) is 3.